The van der Waals surface area contributed by atoms with Gasteiger partial charge in [-0.25, -0.2) is 0 Å². The van der Waals surface area contributed by atoms with Crippen LogP contribution in [0.3, 0.4) is 0 Å². The van der Waals surface area contributed by atoms with Gasteiger partial charge in [0.2, 0.25) is 5.16 Å². The van der Waals surface area contributed by atoms with Crippen LogP contribution in [0, 0.1) is 13.8 Å². The Morgan fingerprint density at radius 3 is 2.90 bits per heavy atom. The molecule has 0 aliphatic heterocycles. The van der Waals surface area contributed by atoms with E-state index in [1.807, 2.05) is 38.1 Å². The first-order valence-corrected chi connectivity index (χ1v) is 7.23. The average molecular weight is 286 g/mol. The van der Waals surface area contributed by atoms with Crippen LogP contribution in [0.1, 0.15) is 17.0 Å². The number of aromatic nitrogens is 4. The van der Waals surface area contributed by atoms with Gasteiger partial charge in [-0.05, 0) is 37.6 Å². The molecule has 20 heavy (non-hydrogen) atoms. The minimum atomic E-state index is 0.657. The predicted molar refractivity (Wildman–Crippen MR) is 77.4 cm³/mol. The van der Waals surface area contributed by atoms with Crippen LogP contribution in [0.2, 0.25) is 0 Å². The Bertz CT molecular complexity index is 686. The number of nitrogens with zero attached hydrogens (tertiary/aromatic N) is 3. The quantitative estimate of drug-likeness (QED) is 0.745. The number of rotatable bonds is 4. The maximum Gasteiger partial charge on any atom is 0.209 e. The highest BCUT2D eigenvalue weighted by Crippen LogP contribution is 2.24. The van der Waals surface area contributed by atoms with Gasteiger partial charge >= 0.3 is 0 Å². The van der Waals surface area contributed by atoms with Crippen molar-refractivity contribution in [3.05, 3.63) is 47.5 Å². The van der Waals surface area contributed by atoms with E-state index in [4.69, 9.17) is 4.42 Å². The Hall–Kier alpha value is -2.08. The molecule has 0 amide bonds. The zero-order valence-electron chi connectivity index (χ0n) is 11.3. The van der Waals surface area contributed by atoms with E-state index < -0.39 is 0 Å². The van der Waals surface area contributed by atoms with E-state index in [1.165, 1.54) is 0 Å². The molecule has 0 saturated heterocycles. The zero-order chi connectivity index (χ0) is 13.9. The fourth-order valence-electron chi connectivity index (χ4n) is 1.73. The minimum Gasteiger partial charge on any atom is -0.458 e. The molecule has 0 unspecified atom stereocenters. The number of hydrogen-bond acceptors (Lipinski definition) is 5. The SMILES string of the molecule is Cc1cc(-c2nc(SCc3ccccn3)n[nH]2)oc1C. The molecular formula is C14H14N4OS. The number of hydrogen-bond donors (Lipinski definition) is 1. The second-order valence-corrected chi connectivity index (χ2v) is 5.37. The first kappa shape index (κ1) is 12.9. The van der Waals surface area contributed by atoms with Crippen molar-refractivity contribution in [2.45, 2.75) is 24.8 Å². The van der Waals surface area contributed by atoms with Crippen LogP contribution in [0.15, 0.2) is 40.0 Å². The van der Waals surface area contributed by atoms with Gasteiger partial charge in [-0.3, -0.25) is 10.1 Å². The third kappa shape index (κ3) is 2.75. The summed E-state index contributed by atoms with van der Waals surface area (Å²) in [6.07, 6.45) is 1.79. The number of furan rings is 1. The van der Waals surface area contributed by atoms with Crippen LogP contribution in [-0.4, -0.2) is 20.2 Å². The lowest BCUT2D eigenvalue weighted by Gasteiger charge is -1.95. The summed E-state index contributed by atoms with van der Waals surface area (Å²) in [5, 5.41) is 7.78. The summed E-state index contributed by atoms with van der Waals surface area (Å²) in [6.45, 7) is 3.95. The van der Waals surface area contributed by atoms with Gasteiger partial charge in [0.05, 0.1) is 5.69 Å². The average Bonchev–Trinajstić information content (AvgIpc) is 3.06. The van der Waals surface area contributed by atoms with E-state index in [-0.39, 0.29) is 0 Å². The van der Waals surface area contributed by atoms with Crippen molar-refractivity contribution in [3.63, 3.8) is 0 Å². The summed E-state index contributed by atoms with van der Waals surface area (Å²) < 4.78 is 5.62. The molecule has 0 radical (unpaired) electrons. The monoisotopic (exact) mass is 286 g/mol. The fraction of sp³-hybridized carbons (Fsp3) is 0.214. The number of aromatic amines is 1. The summed E-state index contributed by atoms with van der Waals surface area (Å²) in [7, 11) is 0. The molecule has 0 bridgehead atoms. The van der Waals surface area contributed by atoms with Crippen LogP contribution in [0.5, 0.6) is 0 Å². The van der Waals surface area contributed by atoms with E-state index in [0.717, 1.165) is 28.5 Å². The number of nitrogens with one attached hydrogen (secondary N) is 1. The van der Waals surface area contributed by atoms with Gasteiger partial charge in [0.15, 0.2) is 11.6 Å². The second-order valence-electron chi connectivity index (χ2n) is 4.43. The molecule has 0 atom stereocenters. The predicted octanol–water partition coefficient (Wildman–Crippen LogP) is 3.37. The summed E-state index contributed by atoms with van der Waals surface area (Å²) >= 11 is 1.54. The van der Waals surface area contributed by atoms with Crippen molar-refractivity contribution in [2.75, 3.05) is 0 Å². The first-order chi connectivity index (χ1) is 9.72. The second kappa shape index (κ2) is 5.50. The van der Waals surface area contributed by atoms with Gasteiger partial charge in [0.1, 0.15) is 5.76 Å². The minimum absolute atomic E-state index is 0.657. The zero-order valence-corrected chi connectivity index (χ0v) is 12.1. The van der Waals surface area contributed by atoms with Gasteiger partial charge in [0.25, 0.3) is 0 Å². The molecule has 3 aromatic heterocycles. The molecule has 0 aliphatic carbocycles. The Balaban J connectivity index is 1.71. The summed E-state index contributed by atoms with van der Waals surface area (Å²) in [4.78, 5) is 8.69. The third-order valence-corrected chi connectivity index (χ3v) is 3.82. The van der Waals surface area contributed by atoms with Crippen molar-refractivity contribution in [2.24, 2.45) is 0 Å². The summed E-state index contributed by atoms with van der Waals surface area (Å²) in [6, 6.07) is 7.82. The van der Waals surface area contributed by atoms with E-state index >= 15 is 0 Å². The molecule has 3 heterocycles. The van der Waals surface area contributed by atoms with E-state index in [0.29, 0.717) is 11.0 Å². The molecule has 0 aliphatic rings. The number of aryl methyl sites for hydroxylation is 2. The number of H-pyrrole nitrogens is 1. The molecule has 6 heteroatoms. The Morgan fingerprint density at radius 2 is 2.20 bits per heavy atom. The Labute approximate surface area is 120 Å². The topological polar surface area (TPSA) is 67.6 Å². The van der Waals surface area contributed by atoms with Crippen LogP contribution < -0.4 is 0 Å². The molecule has 0 aromatic carbocycles. The normalized spacial score (nSPS) is 10.9. The van der Waals surface area contributed by atoms with Crippen molar-refractivity contribution >= 4 is 11.8 Å². The first-order valence-electron chi connectivity index (χ1n) is 6.25. The van der Waals surface area contributed by atoms with Gasteiger partial charge in [-0.1, -0.05) is 17.8 Å². The molecule has 1 N–H and O–H groups in total. The van der Waals surface area contributed by atoms with Gasteiger partial charge < -0.3 is 4.42 Å². The fourth-order valence-corrected chi connectivity index (χ4v) is 2.45. The lowest BCUT2D eigenvalue weighted by molar-refractivity contribution is 0.541. The standard InChI is InChI=1S/C14H14N4OS/c1-9-7-12(19-10(9)2)13-16-14(18-17-13)20-8-11-5-3-4-6-15-11/h3-7H,8H2,1-2H3,(H,16,17,18). The largest absolute Gasteiger partial charge is 0.458 e. The van der Waals surface area contributed by atoms with Crippen molar-refractivity contribution in [1.29, 1.82) is 0 Å². The van der Waals surface area contributed by atoms with Gasteiger partial charge in [-0.2, -0.15) is 4.98 Å². The Morgan fingerprint density at radius 1 is 1.30 bits per heavy atom. The lowest BCUT2D eigenvalue weighted by Crippen LogP contribution is -1.85. The van der Waals surface area contributed by atoms with Crippen LogP contribution >= 0.6 is 11.8 Å². The van der Waals surface area contributed by atoms with Crippen LogP contribution in [0.25, 0.3) is 11.6 Å². The highest BCUT2D eigenvalue weighted by molar-refractivity contribution is 7.98. The third-order valence-electron chi connectivity index (χ3n) is 2.94. The Kier molecular flexibility index (Phi) is 3.56. The molecule has 3 aromatic rings. The van der Waals surface area contributed by atoms with Gasteiger partial charge in [0, 0.05) is 11.9 Å². The number of pyridine rings is 1. The highest BCUT2D eigenvalue weighted by atomic mass is 32.2. The molecule has 0 saturated carbocycles. The van der Waals surface area contributed by atoms with Crippen molar-refractivity contribution in [3.8, 4) is 11.6 Å². The molecule has 102 valence electrons. The van der Waals surface area contributed by atoms with E-state index in [1.54, 1.807) is 18.0 Å². The van der Waals surface area contributed by atoms with Crippen molar-refractivity contribution < 1.29 is 4.42 Å². The van der Waals surface area contributed by atoms with E-state index in [2.05, 4.69) is 20.2 Å². The van der Waals surface area contributed by atoms with Crippen LogP contribution in [-0.2, 0) is 5.75 Å². The summed E-state index contributed by atoms with van der Waals surface area (Å²) in [5.41, 5.74) is 2.12. The maximum atomic E-state index is 5.62. The highest BCUT2D eigenvalue weighted by Gasteiger charge is 2.11. The van der Waals surface area contributed by atoms with Crippen LogP contribution in [0.4, 0.5) is 0 Å². The lowest BCUT2D eigenvalue weighted by atomic mass is 10.3. The van der Waals surface area contributed by atoms with E-state index in [9.17, 15) is 0 Å². The summed E-state index contributed by atoms with van der Waals surface area (Å²) in [5.74, 6) is 3.02. The van der Waals surface area contributed by atoms with Crippen molar-refractivity contribution in [1.82, 2.24) is 20.2 Å². The van der Waals surface area contributed by atoms with Gasteiger partial charge in [-0.15, -0.1) is 5.10 Å². The maximum absolute atomic E-state index is 5.62. The molecular weight excluding hydrogens is 272 g/mol. The molecule has 5 nitrogen and oxygen atoms in total. The smallest absolute Gasteiger partial charge is 0.209 e. The molecule has 3 rings (SSSR count). The molecule has 0 spiro atoms. The molecule has 0 fully saturated rings. The number of thioether (sulfide) groups is 1.